The second-order valence-corrected chi connectivity index (χ2v) is 6.04. The molecule has 4 aromatic rings. The van der Waals surface area contributed by atoms with E-state index in [0.29, 0.717) is 28.9 Å². The Morgan fingerprint density at radius 3 is 2.77 bits per heavy atom. The number of hydrogen-bond donors (Lipinski definition) is 1. The van der Waals surface area contributed by atoms with Gasteiger partial charge in [-0.25, -0.2) is 9.50 Å². The number of aryl methyl sites for hydroxylation is 1. The monoisotopic (exact) mass is 344 g/mol. The lowest BCUT2D eigenvalue weighted by Crippen LogP contribution is -2.21. The Morgan fingerprint density at radius 2 is 2.08 bits per heavy atom. The normalized spacial score (nSPS) is 11.0. The first-order chi connectivity index (χ1) is 12.6. The fourth-order valence-electron chi connectivity index (χ4n) is 3.11. The minimum absolute atomic E-state index is 0.180. The van der Waals surface area contributed by atoms with Crippen LogP contribution in [-0.4, -0.2) is 24.4 Å². The molecule has 0 aliphatic carbocycles. The maximum Gasteiger partial charge on any atom is 0.276 e. The van der Waals surface area contributed by atoms with Gasteiger partial charge in [-0.15, -0.1) is 0 Å². The highest BCUT2D eigenvalue weighted by molar-refractivity contribution is 5.73. The van der Waals surface area contributed by atoms with Gasteiger partial charge in [-0.2, -0.15) is 10.4 Å². The highest BCUT2D eigenvalue weighted by atomic mass is 16.1. The zero-order chi connectivity index (χ0) is 18.3. The molecule has 3 aromatic heterocycles. The third-order valence-electron chi connectivity index (χ3n) is 4.40. The maximum absolute atomic E-state index is 12.8. The number of aromatic amines is 1. The molecular formula is C19H16N6O. The van der Waals surface area contributed by atoms with Crippen LogP contribution >= 0.6 is 0 Å². The Labute approximate surface area is 149 Å². The molecule has 3 heterocycles. The Kier molecular flexibility index (Phi) is 3.66. The highest BCUT2D eigenvalue weighted by Crippen LogP contribution is 2.27. The van der Waals surface area contributed by atoms with Crippen LogP contribution in [0.4, 0.5) is 0 Å². The number of nitriles is 1. The SMILES string of the molecule is CCc1c(-c2cccc(-c3cnn(C)c3)c2)nc2c(C#N)c[nH]n2c1=O. The third kappa shape index (κ3) is 2.40. The van der Waals surface area contributed by atoms with Crippen molar-refractivity contribution in [3.05, 3.63) is 64.3 Å². The second kappa shape index (κ2) is 6.01. The average Bonchev–Trinajstić information content (AvgIpc) is 3.28. The van der Waals surface area contributed by atoms with Gasteiger partial charge >= 0.3 is 0 Å². The Balaban J connectivity index is 1.97. The maximum atomic E-state index is 12.8. The van der Waals surface area contributed by atoms with Gasteiger partial charge in [0.15, 0.2) is 5.65 Å². The molecule has 0 amide bonds. The van der Waals surface area contributed by atoms with Crippen LogP contribution in [0.25, 0.3) is 28.0 Å². The van der Waals surface area contributed by atoms with Crippen molar-refractivity contribution in [2.24, 2.45) is 7.05 Å². The fraction of sp³-hybridized carbons (Fsp3) is 0.158. The van der Waals surface area contributed by atoms with E-state index in [1.165, 1.54) is 10.7 Å². The molecular weight excluding hydrogens is 328 g/mol. The molecule has 0 bridgehead atoms. The quantitative estimate of drug-likeness (QED) is 0.618. The first-order valence-corrected chi connectivity index (χ1v) is 8.25. The summed E-state index contributed by atoms with van der Waals surface area (Å²) in [5, 5.41) is 16.3. The van der Waals surface area contributed by atoms with E-state index in [-0.39, 0.29) is 5.56 Å². The van der Waals surface area contributed by atoms with E-state index in [0.717, 1.165) is 16.7 Å². The zero-order valence-corrected chi connectivity index (χ0v) is 14.4. The number of hydrogen-bond acceptors (Lipinski definition) is 4. The summed E-state index contributed by atoms with van der Waals surface area (Å²) in [5.41, 5.74) is 4.55. The third-order valence-corrected chi connectivity index (χ3v) is 4.40. The Bertz CT molecular complexity index is 1220. The van der Waals surface area contributed by atoms with Crippen LogP contribution in [0.5, 0.6) is 0 Å². The predicted molar refractivity (Wildman–Crippen MR) is 97.5 cm³/mol. The van der Waals surface area contributed by atoms with Crippen LogP contribution in [0.1, 0.15) is 18.1 Å². The summed E-state index contributed by atoms with van der Waals surface area (Å²) >= 11 is 0. The number of fused-ring (bicyclic) bond motifs is 1. The summed E-state index contributed by atoms with van der Waals surface area (Å²) in [6.07, 6.45) is 5.78. The van der Waals surface area contributed by atoms with Gasteiger partial charge in [0.25, 0.3) is 5.56 Å². The van der Waals surface area contributed by atoms with Crippen molar-refractivity contribution in [2.75, 3.05) is 0 Å². The zero-order valence-electron chi connectivity index (χ0n) is 14.4. The summed E-state index contributed by atoms with van der Waals surface area (Å²) in [4.78, 5) is 17.4. The van der Waals surface area contributed by atoms with Crippen molar-refractivity contribution in [3.8, 4) is 28.5 Å². The van der Waals surface area contributed by atoms with Gasteiger partial charge in [0.1, 0.15) is 11.6 Å². The summed E-state index contributed by atoms with van der Waals surface area (Å²) in [6, 6.07) is 9.92. The molecule has 7 heteroatoms. The summed E-state index contributed by atoms with van der Waals surface area (Å²) in [5.74, 6) is 0. The lowest BCUT2D eigenvalue weighted by Gasteiger charge is -2.09. The van der Waals surface area contributed by atoms with Gasteiger partial charge in [0.05, 0.1) is 11.9 Å². The van der Waals surface area contributed by atoms with Crippen LogP contribution in [0.15, 0.2) is 47.7 Å². The average molecular weight is 344 g/mol. The van der Waals surface area contributed by atoms with Crippen LogP contribution < -0.4 is 5.56 Å². The topological polar surface area (TPSA) is 91.8 Å². The van der Waals surface area contributed by atoms with Crippen molar-refractivity contribution in [3.63, 3.8) is 0 Å². The summed E-state index contributed by atoms with van der Waals surface area (Å²) in [6.45, 7) is 1.92. The molecule has 26 heavy (non-hydrogen) atoms. The lowest BCUT2D eigenvalue weighted by molar-refractivity contribution is 0.768. The largest absolute Gasteiger partial charge is 0.295 e. The van der Waals surface area contributed by atoms with Crippen molar-refractivity contribution in [1.29, 1.82) is 5.26 Å². The van der Waals surface area contributed by atoms with Crippen LogP contribution in [-0.2, 0) is 13.5 Å². The second-order valence-electron chi connectivity index (χ2n) is 6.04. The minimum atomic E-state index is -0.180. The van der Waals surface area contributed by atoms with Gasteiger partial charge < -0.3 is 0 Å². The molecule has 4 rings (SSSR count). The number of aromatic nitrogens is 5. The van der Waals surface area contributed by atoms with Crippen LogP contribution in [0, 0.1) is 11.3 Å². The molecule has 7 nitrogen and oxygen atoms in total. The number of nitrogens with zero attached hydrogens (tertiary/aromatic N) is 5. The fourth-order valence-corrected chi connectivity index (χ4v) is 3.11. The molecule has 128 valence electrons. The van der Waals surface area contributed by atoms with E-state index in [9.17, 15) is 10.1 Å². The molecule has 0 saturated heterocycles. The first-order valence-electron chi connectivity index (χ1n) is 8.25. The van der Waals surface area contributed by atoms with E-state index < -0.39 is 0 Å². The Hall–Kier alpha value is -3.66. The molecule has 1 N–H and O–H groups in total. The number of rotatable bonds is 3. The minimum Gasteiger partial charge on any atom is -0.295 e. The summed E-state index contributed by atoms with van der Waals surface area (Å²) < 4.78 is 3.07. The van der Waals surface area contributed by atoms with E-state index in [1.807, 2.05) is 44.4 Å². The molecule has 0 saturated carbocycles. The van der Waals surface area contributed by atoms with E-state index in [2.05, 4.69) is 21.3 Å². The van der Waals surface area contributed by atoms with Crippen molar-refractivity contribution in [1.82, 2.24) is 24.4 Å². The van der Waals surface area contributed by atoms with Gasteiger partial charge in [-0.1, -0.05) is 25.1 Å². The molecule has 0 aliphatic heterocycles. The molecule has 0 fully saturated rings. The molecule has 0 radical (unpaired) electrons. The Morgan fingerprint density at radius 1 is 1.27 bits per heavy atom. The molecule has 0 spiro atoms. The van der Waals surface area contributed by atoms with Crippen LogP contribution in [0.2, 0.25) is 0 Å². The standard InChI is InChI=1S/C19H16N6O/c1-3-16-17(23-18-14(8-20)9-22-25(18)19(16)26)13-6-4-5-12(7-13)15-10-21-24(2)11-15/h4-7,9-11,22H,3H2,1-2H3. The van der Waals surface area contributed by atoms with Gasteiger partial charge in [-0.3, -0.25) is 14.6 Å². The first kappa shape index (κ1) is 15.8. The molecule has 0 unspecified atom stereocenters. The van der Waals surface area contributed by atoms with Gasteiger partial charge in [0, 0.05) is 36.1 Å². The van der Waals surface area contributed by atoms with E-state index >= 15 is 0 Å². The smallest absolute Gasteiger partial charge is 0.276 e. The molecule has 0 atom stereocenters. The number of H-pyrrole nitrogens is 1. The van der Waals surface area contributed by atoms with Gasteiger partial charge in [0.2, 0.25) is 0 Å². The van der Waals surface area contributed by atoms with E-state index in [1.54, 1.807) is 10.9 Å². The van der Waals surface area contributed by atoms with Crippen molar-refractivity contribution in [2.45, 2.75) is 13.3 Å². The van der Waals surface area contributed by atoms with E-state index in [4.69, 9.17) is 0 Å². The van der Waals surface area contributed by atoms with Crippen molar-refractivity contribution >= 4 is 5.65 Å². The summed E-state index contributed by atoms with van der Waals surface area (Å²) in [7, 11) is 1.87. The highest BCUT2D eigenvalue weighted by Gasteiger charge is 2.16. The molecule has 1 aromatic carbocycles. The number of nitrogens with one attached hydrogen (secondary N) is 1. The molecule has 0 aliphatic rings. The predicted octanol–water partition coefficient (Wildman–Crippen LogP) is 2.52. The van der Waals surface area contributed by atoms with Crippen LogP contribution in [0.3, 0.4) is 0 Å². The number of benzene rings is 1. The lowest BCUT2D eigenvalue weighted by atomic mass is 10.0. The van der Waals surface area contributed by atoms with Crippen molar-refractivity contribution < 1.29 is 0 Å². The van der Waals surface area contributed by atoms with Gasteiger partial charge in [-0.05, 0) is 18.1 Å².